The smallest absolute Gasteiger partial charge is 0.252 e. The Kier molecular flexibility index (Phi) is 2.60. The molecule has 14 heavy (non-hydrogen) atoms. The van der Waals surface area contributed by atoms with Crippen molar-refractivity contribution in [3.63, 3.8) is 0 Å². The number of aromatic nitrogens is 2. The number of aliphatic hydroxyl groups excluding tert-OH is 1. The minimum atomic E-state index is -0.233. The largest absolute Gasteiger partial charge is 0.387 e. The summed E-state index contributed by atoms with van der Waals surface area (Å²) in [4.78, 5) is 3.99. The summed E-state index contributed by atoms with van der Waals surface area (Å²) in [6.07, 6.45) is 0. The number of hydrogen-bond acceptors (Lipinski definition) is 4. The van der Waals surface area contributed by atoms with Crippen LogP contribution in [0.5, 0.6) is 0 Å². The summed E-state index contributed by atoms with van der Waals surface area (Å²) in [5.74, 6) is 0.712. The molecular weight excluding hydrogens is 248 g/mol. The Balaban J connectivity index is 2.34. The van der Waals surface area contributed by atoms with E-state index in [0.29, 0.717) is 5.82 Å². The van der Waals surface area contributed by atoms with Crippen molar-refractivity contribution in [3.05, 3.63) is 34.6 Å². The van der Waals surface area contributed by atoms with Crippen molar-refractivity contribution in [1.82, 2.24) is 10.1 Å². The van der Waals surface area contributed by atoms with Gasteiger partial charge in [-0.05, 0) is 24.3 Å². The first-order chi connectivity index (χ1) is 6.79. The highest BCUT2D eigenvalue weighted by atomic mass is 79.9. The van der Waals surface area contributed by atoms with Crippen LogP contribution in [-0.4, -0.2) is 15.2 Å². The number of halogens is 1. The van der Waals surface area contributed by atoms with Gasteiger partial charge < -0.3 is 9.63 Å². The molecule has 0 aliphatic heterocycles. The van der Waals surface area contributed by atoms with Gasteiger partial charge in [0.15, 0.2) is 0 Å². The third-order valence-electron chi connectivity index (χ3n) is 1.71. The minimum absolute atomic E-state index is 0.225. The SMILES string of the molecule is OCc1nc(-c2ccc(Br)cc2)no1. The number of hydrogen-bond donors (Lipinski definition) is 1. The fourth-order valence-corrected chi connectivity index (χ4v) is 1.30. The van der Waals surface area contributed by atoms with Gasteiger partial charge in [-0.3, -0.25) is 0 Å². The third kappa shape index (κ3) is 1.83. The fourth-order valence-electron chi connectivity index (χ4n) is 1.04. The van der Waals surface area contributed by atoms with Crippen LogP contribution in [0.1, 0.15) is 5.89 Å². The molecule has 2 rings (SSSR count). The monoisotopic (exact) mass is 254 g/mol. The summed E-state index contributed by atoms with van der Waals surface area (Å²) < 4.78 is 5.77. The normalized spacial score (nSPS) is 10.4. The molecule has 0 atom stereocenters. The number of rotatable bonds is 2. The molecule has 0 aliphatic carbocycles. The van der Waals surface area contributed by atoms with E-state index in [9.17, 15) is 0 Å². The average molecular weight is 255 g/mol. The molecule has 72 valence electrons. The van der Waals surface area contributed by atoms with E-state index in [0.717, 1.165) is 10.0 Å². The van der Waals surface area contributed by atoms with E-state index in [-0.39, 0.29) is 12.5 Å². The molecule has 0 saturated heterocycles. The molecule has 0 bridgehead atoms. The molecule has 0 unspecified atom stereocenters. The molecule has 0 spiro atoms. The van der Waals surface area contributed by atoms with E-state index in [2.05, 4.69) is 26.1 Å². The molecule has 4 nitrogen and oxygen atoms in total. The molecule has 0 fully saturated rings. The summed E-state index contributed by atoms with van der Waals surface area (Å²) in [6, 6.07) is 7.53. The van der Waals surface area contributed by atoms with Crippen LogP contribution >= 0.6 is 15.9 Å². The van der Waals surface area contributed by atoms with Gasteiger partial charge in [0.1, 0.15) is 6.61 Å². The maximum atomic E-state index is 8.74. The zero-order valence-electron chi connectivity index (χ0n) is 7.14. The lowest BCUT2D eigenvalue weighted by Gasteiger charge is -1.93. The van der Waals surface area contributed by atoms with Crippen LogP contribution in [0.3, 0.4) is 0 Å². The predicted molar refractivity (Wildman–Crippen MR) is 53.4 cm³/mol. The van der Waals surface area contributed by atoms with Crippen molar-refractivity contribution in [2.45, 2.75) is 6.61 Å². The molecular formula is C9H7BrN2O2. The van der Waals surface area contributed by atoms with Gasteiger partial charge in [0.05, 0.1) is 0 Å². The highest BCUT2D eigenvalue weighted by Gasteiger charge is 2.06. The second-order valence-electron chi connectivity index (χ2n) is 2.68. The molecule has 0 amide bonds. The van der Waals surface area contributed by atoms with E-state index in [1.165, 1.54) is 0 Å². The number of nitrogens with zero attached hydrogens (tertiary/aromatic N) is 2. The van der Waals surface area contributed by atoms with E-state index >= 15 is 0 Å². The van der Waals surface area contributed by atoms with Gasteiger partial charge in [-0.15, -0.1) is 0 Å². The lowest BCUT2D eigenvalue weighted by molar-refractivity contribution is 0.222. The zero-order chi connectivity index (χ0) is 9.97. The molecule has 1 N–H and O–H groups in total. The Bertz CT molecular complexity index is 425. The highest BCUT2D eigenvalue weighted by Crippen LogP contribution is 2.18. The molecule has 1 aromatic heterocycles. The molecule has 0 saturated carbocycles. The van der Waals surface area contributed by atoms with E-state index in [1.54, 1.807) is 0 Å². The zero-order valence-corrected chi connectivity index (χ0v) is 8.73. The fraction of sp³-hybridized carbons (Fsp3) is 0.111. The van der Waals surface area contributed by atoms with Crippen molar-refractivity contribution in [3.8, 4) is 11.4 Å². The summed E-state index contributed by atoms with van der Waals surface area (Å²) in [5.41, 5.74) is 0.858. The highest BCUT2D eigenvalue weighted by molar-refractivity contribution is 9.10. The molecule has 2 aromatic rings. The van der Waals surface area contributed by atoms with Crippen molar-refractivity contribution in [2.24, 2.45) is 0 Å². The van der Waals surface area contributed by atoms with Gasteiger partial charge >= 0.3 is 0 Å². The van der Waals surface area contributed by atoms with Crippen molar-refractivity contribution in [1.29, 1.82) is 0 Å². The second kappa shape index (κ2) is 3.89. The Hall–Kier alpha value is -1.20. The first kappa shape index (κ1) is 9.36. The van der Waals surface area contributed by atoms with Crippen molar-refractivity contribution in [2.75, 3.05) is 0 Å². The molecule has 0 aliphatic rings. The summed E-state index contributed by atoms with van der Waals surface area (Å²) in [5, 5.41) is 12.5. The van der Waals surface area contributed by atoms with Gasteiger partial charge in [-0.2, -0.15) is 4.98 Å². The predicted octanol–water partition coefficient (Wildman–Crippen LogP) is 1.99. The van der Waals surface area contributed by atoms with Crippen molar-refractivity contribution >= 4 is 15.9 Å². The lowest BCUT2D eigenvalue weighted by Crippen LogP contribution is -1.83. The van der Waals surface area contributed by atoms with Crippen LogP contribution in [0, 0.1) is 0 Å². The van der Waals surface area contributed by atoms with Crippen LogP contribution < -0.4 is 0 Å². The summed E-state index contributed by atoms with van der Waals surface area (Å²) in [7, 11) is 0. The maximum absolute atomic E-state index is 8.74. The molecule has 1 aromatic carbocycles. The van der Waals surface area contributed by atoms with Gasteiger partial charge in [0.25, 0.3) is 5.89 Å². The minimum Gasteiger partial charge on any atom is -0.387 e. The van der Waals surface area contributed by atoms with Crippen LogP contribution in [0.4, 0.5) is 0 Å². The van der Waals surface area contributed by atoms with E-state index in [1.807, 2.05) is 24.3 Å². The Morgan fingerprint density at radius 2 is 2.00 bits per heavy atom. The van der Waals surface area contributed by atoms with Crippen LogP contribution in [0.15, 0.2) is 33.3 Å². The van der Waals surface area contributed by atoms with Gasteiger partial charge in [-0.1, -0.05) is 21.1 Å². The van der Waals surface area contributed by atoms with Gasteiger partial charge in [-0.25, -0.2) is 0 Å². The van der Waals surface area contributed by atoms with E-state index < -0.39 is 0 Å². The van der Waals surface area contributed by atoms with Gasteiger partial charge in [0, 0.05) is 10.0 Å². The van der Waals surface area contributed by atoms with Crippen LogP contribution in [0.2, 0.25) is 0 Å². The summed E-state index contributed by atoms with van der Waals surface area (Å²) in [6.45, 7) is -0.233. The third-order valence-corrected chi connectivity index (χ3v) is 2.23. The Labute approximate surface area is 88.7 Å². The quantitative estimate of drug-likeness (QED) is 0.891. The average Bonchev–Trinajstić information content (AvgIpc) is 2.67. The van der Waals surface area contributed by atoms with Crippen molar-refractivity contribution < 1.29 is 9.63 Å². The summed E-state index contributed by atoms with van der Waals surface area (Å²) >= 11 is 3.33. The standard InChI is InChI=1S/C9H7BrN2O2/c10-7-3-1-6(2-4-7)9-11-8(5-13)14-12-9/h1-4,13H,5H2. The van der Waals surface area contributed by atoms with Crippen LogP contribution in [0.25, 0.3) is 11.4 Å². The Morgan fingerprint density at radius 1 is 1.29 bits per heavy atom. The van der Waals surface area contributed by atoms with Crippen LogP contribution in [-0.2, 0) is 6.61 Å². The maximum Gasteiger partial charge on any atom is 0.252 e. The Morgan fingerprint density at radius 3 is 2.57 bits per heavy atom. The second-order valence-corrected chi connectivity index (χ2v) is 3.59. The topological polar surface area (TPSA) is 59.2 Å². The molecule has 0 radical (unpaired) electrons. The van der Waals surface area contributed by atoms with Gasteiger partial charge in [0.2, 0.25) is 5.82 Å². The number of benzene rings is 1. The number of aliphatic hydroxyl groups is 1. The molecule has 1 heterocycles. The molecule has 5 heteroatoms. The van der Waals surface area contributed by atoms with E-state index in [4.69, 9.17) is 9.63 Å². The first-order valence-electron chi connectivity index (χ1n) is 3.99. The lowest BCUT2D eigenvalue weighted by atomic mass is 10.2. The first-order valence-corrected chi connectivity index (χ1v) is 4.78.